The van der Waals surface area contributed by atoms with E-state index in [-0.39, 0.29) is 18.2 Å². The predicted molar refractivity (Wildman–Crippen MR) is 125 cm³/mol. The molecule has 0 amide bonds. The van der Waals surface area contributed by atoms with E-state index in [4.69, 9.17) is 9.15 Å². The summed E-state index contributed by atoms with van der Waals surface area (Å²) in [6.45, 7) is 11.2. The molecule has 0 aliphatic rings. The molecule has 0 atom stereocenters. The molecule has 0 saturated heterocycles. The molecule has 1 heterocycles. The second kappa shape index (κ2) is 10.6. The molecule has 3 rings (SSSR count). The van der Waals surface area contributed by atoms with Crippen LogP contribution in [0.3, 0.4) is 0 Å². The molecule has 0 fully saturated rings. The monoisotopic (exact) mass is 429 g/mol. The lowest BCUT2D eigenvalue weighted by Crippen LogP contribution is -2.28. The van der Waals surface area contributed by atoms with Gasteiger partial charge < -0.3 is 14.5 Å². The van der Waals surface area contributed by atoms with Crippen LogP contribution in [0.1, 0.15) is 55.8 Å². The molecule has 0 bridgehead atoms. The Morgan fingerprint density at radius 3 is 2.43 bits per heavy atom. The highest BCUT2D eigenvalue weighted by molar-refractivity contribution is 6.16. The van der Waals surface area contributed by atoms with E-state index in [1.165, 1.54) is 0 Å². The smallest absolute Gasteiger partial charge is 0.197 e. The minimum Gasteiger partial charge on any atom is -0.494 e. The molecule has 2 aromatic carbocycles. The Bertz CT molecular complexity index is 955. The Labute approximate surface area is 185 Å². The zero-order chi connectivity index (χ0) is 20.9. The average molecular weight is 430 g/mol. The quantitative estimate of drug-likeness (QED) is 0.332. The maximum Gasteiger partial charge on any atom is 0.197 e. The van der Waals surface area contributed by atoms with Crippen molar-refractivity contribution in [2.24, 2.45) is 5.41 Å². The molecule has 162 valence electrons. The molecule has 1 N–H and O–H groups in total. The van der Waals surface area contributed by atoms with E-state index in [0.717, 1.165) is 42.0 Å². The summed E-state index contributed by atoms with van der Waals surface area (Å²) in [7, 11) is 0. The SMILES string of the molecule is CCc1oc2ccccc2c1C(=O)c1ccc(OCCCNCC(C)(C)C)cc1.Cl. The number of furan rings is 1. The lowest BCUT2D eigenvalue weighted by atomic mass is 9.97. The molecule has 1 aromatic heterocycles. The normalized spacial score (nSPS) is 11.3. The van der Waals surface area contributed by atoms with Crippen LogP contribution in [0, 0.1) is 5.41 Å². The van der Waals surface area contributed by atoms with Gasteiger partial charge in [0.1, 0.15) is 17.1 Å². The van der Waals surface area contributed by atoms with Crippen molar-refractivity contribution in [3.63, 3.8) is 0 Å². The fourth-order valence-corrected chi connectivity index (χ4v) is 3.29. The van der Waals surface area contributed by atoms with Crippen molar-refractivity contribution < 1.29 is 13.9 Å². The standard InChI is InChI=1S/C25H31NO3.ClH/c1-5-21-23(20-9-6-7-10-22(20)29-21)24(27)18-11-13-19(14-12-18)28-16-8-15-26-17-25(2,3)4;/h6-7,9-14,26H,5,8,15-17H2,1-4H3;1H. The van der Waals surface area contributed by atoms with Crippen molar-refractivity contribution in [3.05, 3.63) is 65.4 Å². The number of aryl methyl sites for hydroxylation is 1. The molecule has 0 aliphatic carbocycles. The van der Waals surface area contributed by atoms with E-state index >= 15 is 0 Å². The molecule has 3 aromatic rings. The second-order valence-electron chi connectivity index (χ2n) is 8.54. The summed E-state index contributed by atoms with van der Waals surface area (Å²) in [6, 6.07) is 15.1. The van der Waals surface area contributed by atoms with Crippen LogP contribution in [0.4, 0.5) is 0 Å². The average Bonchev–Trinajstić information content (AvgIpc) is 3.08. The van der Waals surface area contributed by atoms with Gasteiger partial charge in [0.2, 0.25) is 0 Å². The van der Waals surface area contributed by atoms with E-state index in [9.17, 15) is 4.79 Å². The molecule has 0 radical (unpaired) electrons. The van der Waals surface area contributed by atoms with Crippen molar-refractivity contribution in [2.75, 3.05) is 19.7 Å². The molecular weight excluding hydrogens is 398 g/mol. The molecule has 0 spiro atoms. The van der Waals surface area contributed by atoms with Crippen LogP contribution in [0.15, 0.2) is 52.9 Å². The molecule has 4 nitrogen and oxygen atoms in total. The van der Waals surface area contributed by atoms with E-state index in [1.54, 1.807) is 0 Å². The summed E-state index contributed by atoms with van der Waals surface area (Å²) in [5.41, 5.74) is 2.36. The van der Waals surface area contributed by atoms with E-state index in [0.29, 0.717) is 29.6 Å². The summed E-state index contributed by atoms with van der Waals surface area (Å²) in [4.78, 5) is 13.1. The molecule has 0 saturated carbocycles. The van der Waals surface area contributed by atoms with Crippen LogP contribution in [-0.2, 0) is 6.42 Å². The summed E-state index contributed by atoms with van der Waals surface area (Å²) in [5, 5.41) is 4.32. The Kier molecular flexibility index (Phi) is 8.51. The van der Waals surface area contributed by atoms with Crippen LogP contribution >= 0.6 is 12.4 Å². The first kappa shape index (κ1) is 24.0. The number of benzene rings is 2. The number of hydrogen-bond donors (Lipinski definition) is 1. The number of halogens is 1. The summed E-state index contributed by atoms with van der Waals surface area (Å²) in [6.07, 6.45) is 1.62. The summed E-state index contributed by atoms with van der Waals surface area (Å²) in [5.74, 6) is 1.51. The zero-order valence-electron chi connectivity index (χ0n) is 18.3. The van der Waals surface area contributed by atoms with Crippen molar-refractivity contribution in [1.29, 1.82) is 0 Å². The number of fused-ring (bicyclic) bond motifs is 1. The van der Waals surface area contributed by atoms with Gasteiger partial charge in [-0.05, 0) is 55.3 Å². The fourth-order valence-electron chi connectivity index (χ4n) is 3.29. The van der Waals surface area contributed by atoms with Gasteiger partial charge in [-0.2, -0.15) is 0 Å². The first-order valence-electron chi connectivity index (χ1n) is 10.4. The molecule has 5 heteroatoms. The zero-order valence-corrected chi connectivity index (χ0v) is 19.1. The van der Waals surface area contributed by atoms with Crippen LogP contribution in [0.2, 0.25) is 0 Å². The number of ether oxygens (including phenoxy) is 1. The number of ketones is 1. The van der Waals surface area contributed by atoms with Gasteiger partial charge in [0.05, 0.1) is 12.2 Å². The highest BCUT2D eigenvalue weighted by Crippen LogP contribution is 2.29. The van der Waals surface area contributed by atoms with Gasteiger partial charge in [0.25, 0.3) is 0 Å². The van der Waals surface area contributed by atoms with E-state index in [2.05, 4.69) is 26.1 Å². The maximum absolute atomic E-state index is 13.1. The number of para-hydroxylation sites is 1. The molecule has 0 unspecified atom stereocenters. The number of nitrogens with one attached hydrogen (secondary N) is 1. The first-order valence-corrected chi connectivity index (χ1v) is 10.4. The lowest BCUT2D eigenvalue weighted by Gasteiger charge is -2.18. The minimum atomic E-state index is -0.00951. The van der Waals surface area contributed by atoms with E-state index < -0.39 is 0 Å². The second-order valence-corrected chi connectivity index (χ2v) is 8.54. The molecular formula is C25H32ClNO3. The summed E-state index contributed by atoms with van der Waals surface area (Å²) < 4.78 is 11.7. The van der Waals surface area contributed by atoms with Gasteiger partial charge in [-0.25, -0.2) is 0 Å². The van der Waals surface area contributed by atoms with Crippen molar-refractivity contribution in [2.45, 2.75) is 40.5 Å². The fraction of sp³-hybridized carbons (Fsp3) is 0.400. The Balaban J connectivity index is 0.00000320. The number of hydrogen-bond acceptors (Lipinski definition) is 4. The van der Waals surface area contributed by atoms with Gasteiger partial charge in [-0.1, -0.05) is 45.9 Å². The van der Waals surface area contributed by atoms with Crippen LogP contribution in [-0.4, -0.2) is 25.5 Å². The van der Waals surface area contributed by atoms with Crippen molar-refractivity contribution >= 4 is 29.2 Å². The predicted octanol–water partition coefficient (Wildman–Crippen LogP) is 6.05. The van der Waals surface area contributed by atoms with E-state index in [1.807, 2.05) is 55.5 Å². The minimum absolute atomic E-state index is 0. The van der Waals surface area contributed by atoms with Gasteiger partial charge in [-0.3, -0.25) is 4.79 Å². The molecule has 0 aliphatic heterocycles. The summed E-state index contributed by atoms with van der Waals surface area (Å²) >= 11 is 0. The van der Waals surface area contributed by atoms with Crippen molar-refractivity contribution in [1.82, 2.24) is 5.32 Å². The third kappa shape index (κ3) is 6.10. The Morgan fingerprint density at radius 1 is 1.07 bits per heavy atom. The van der Waals surface area contributed by atoms with Crippen LogP contribution in [0.5, 0.6) is 5.75 Å². The highest BCUT2D eigenvalue weighted by Gasteiger charge is 2.20. The van der Waals surface area contributed by atoms with Gasteiger partial charge in [0.15, 0.2) is 5.78 Å². The Morgan fingerprint density at radius 2 is 1.77 bits per heavy atom. The van der Waals surface area contributed by atoms with Crippen LogP contribution < -0.4 is 10.1 Å². The first-order chi connectivity index (χ1) is 13.9. The van der Waals surface area contributed by atoms with Crippen molar-refractivity contribution in [3.8, 4) is 5.75 Å². The third-order valence-electron chi connectivity index (χ3n) is 4.76. The largest absolute Gasteiger partial charge is 0.494 e. The third-order valence-corrected chi connectivity index (χ3v) is 4.76. The topological polar surface area (TPSA) is 51.5 Å². The number of rotatable bonds is 9. The van der Waals surface area contributed by atoms with Gasteiger partial charge >= 0.3 is 0 Å². The van der Waals surface area contributed by atoms with Gasteiger partial charge in [0, 0.05) is 17.4 Å². The number of carbonyl (C=O) groups excluding carboxylic acids is 1. The van der Waals surface area contributed by atoms with Gasteiger partial charge in [-0.15, -0.1) is 12.4 Å². The maximum atomic E-state index is 13.1. The number of carbonyl (C=O) groups is 1. The lowest BCUT2D eigenvalue weighted by molar-refractivity contribution is 0.103. The van der Waals surface area contributed by atoms with Crippen LogP contribution in [0.25, 0.3) is 11.0 Å². The molecule has 30 heavy (non-hydrogen) atoms. The highest BCUT2D eigenvalue weighted by atomic mass is 35.5. The Hall–Kier alpha value is -2.30.